The second-order valence-corrected chi connectivity index (χ2v) is 9.94. The van der Waals surface area contributed by atoms with Crippen molar-refractivity contribution in [1.82, 2.24) is 24.8 Å². The van der Waals surface area contributed by atoms with Crippen LogP contribution in [0.15, 0.2) is 47.5 Å². The molecule has 38 heavy (non-hydrogen) atoms. The summed E-state index contributed by atoms with van der Waals surface area (Å²) in [6.07, 6.45) is 7.63. The zero-order valence-electron chi connectivity index (χ0n) is 20.7. The molecule has 1 fully saturated rings. The molecule has 1 saturated heterocycles. The van der Waals surface area contributed by atoms with E-state index in [-0.39, 0.29) is 27.8 Å². The molecule has 9 nitrogen and oxygen atoms in total. The summed E-state index contributed by atoms with van der Waals surface area (Å²) in [5.74, 6) is 0.356. The van der Waals surface area contributed by atoms with Crippen LogP contribution in [0, 0.1) is 12.7 Å². The lowest BCUT2D eigenvalue weighted by molar-refractivity contribution is 0.0688. The van der Waals surface area contributed by atoms with Crippen LogP contribution in [-0.2, 0) is 0 Å². The van der Waals surface area contributed by atoms with E-state index < -0.39 is 11.9 Å². The van der Waals surface area contributed by atoms with Gasteiger partial charge in [-0.2, -0.15) is 5.10 Å². The molecule has 1 atom stereocenters. The van der Waals surface area contributed by atoms with Gasteiger partial charge in [0, 0.05) is 47.2 Å². The fraction of sp³-hybridized carbons (Fsp3) is 0.308. The molecule has 12 heteroatoms. The van der Waals surface area contributed by atoms with Crippen molar-refractivity contribution in [3.8, 4) is 16.9 Å². The van der Waals surface area contributed by atoms with Crippen molar-refractivity contribution in [2.45, 2.75) is 38.8 Å². The van der Waals surface area contributed by atoms with Gasteiger partial charge >= 0.3 is 0 Å². The van der Waals surface area contributed by atoms with Gasteiger partial charge in [-0.3, -0.25) is 9.48 Å². The van der Waals surface area contributed by atoms with E-state index in [1.54, 1.807) is 32.3 Å². The van der Waals surface area contributed by atoms with Crippen molar-refractivity contribution in [3.05, 3.63) is 75.7 Å². The molecule has 3 aromatic heterocycles. The van der Waals surface area contributed by atoms with E-state index in [4.69, 9.17) is 38.2 Å². The van der Waals surface area contributed by atoms with Crippen molar-refractivity contribution >= 4 is 34.9 Å². The lowest BCUT2D eigenvalue weighted by atomic mass is 10.0. The maximum absolute atomic E-state index is 14.0. The highest BCUT2D eigenvalue weighted by Crippen LogP contribution is 2.37. The number of aryl methyl sites for hydroxylation is 1. The first kappa shape index (κ1) is 26.0. The summed E-state index contributed by atoms with van der Waals surface area (Å²) in [7, 11) is 0. The molecular formula is C26H25Cl2FN6O3. The Bertz CT molecular complexity index is 1480. The third-order valence-corrected chi connectivity index (χ3v) is 7.43. The zero-order chi connectivity index (χ0) is 27.0. The lowest BCUT2D eigenvalue weighted by Crippen LogP contribution is -2.39. The highest BCUT2D eigenvalue weighted by Gasteiger charge is 2.27. The Morgan fingerprint density at radius 3 is 2.68 bits per heavy atom. The topological polar surface area (TPSA) is 112 Å². The molecule has 1 amide bonds. The number of pyridine rings is 1. The summed E-state index contributed by atoms with van der Waals surface area (Å²) in [6.45, 7) is 4.65. The van der Waals surface area contributed by atoms with Crippen molar-refractivity contribution in [2.24, 2.45) is 0 Å². The first-order valence-electron chi connectivity index (χ1n) is 12.0. The van der Waals surface area contributed by atoms with Gasteiger partial charge in [0.05, 0.1) is 23.5 Å². The van der Waals surface area contributed by atoms with Crippen molar-refractivity contribution in [2.75, 3.05) is 18.8 Å². The SMILES string of the molecule is Cc1oncc1C(=O)N1CCC(n2cc(-c3cnc(N)c(OC(C)c4c(Cl)ccc(F)c4Cl)c3)cn2)CC1. The molecule has 4 aromatic rings. The average Bonchev–Trinajstić information content (AvgIpc) is 3.57. The first-order chi connectivity index (χ1) is 18.2. The normalized spacial score (nSPS) is 15.0. The number of ether oxygens (including phenoxy) is 1. The molecule has 1 unspecified atom stereocenters. The Hall–Kier alpha value is -3.63. The Morgan fingerprint density at radius 1 is 1.21 bits per heavy atom. The number of hydrogen-bond acceptors (Lipinski definition) is 7. The Kier molecular flexibility index (Phi) is 7.27. The summed E-state index contributed by atoms with van der Waals surface area (Å²) in [5.41, 5.74) is 8.47. The van der Waals surface area contributed by atoms with Gasteiger partial charge in [-0.25, -0.2) is 9.37 Å². The Labute approximate surface area is 228 Å². The number of nitrogens with two attached hydrogens (primary N) is 1. The number of amides is 1. The van der Waals surface area contributed by atoms with Gasteiger partial charge in [0.15, 0.2) is 11.6 Å². The molecule has 1 aliphatic rings. The summed E-state index contributed by atoms with van der Waals surface area (Å²) < 4.78 is 26.9. The monoisotopic (exact) mass is 558 g/mol. The van der Waals surface area contributed by atoms with E-state index in [9.17, 15) is 9.18 Å². The van der Waals surface area contributed by atoms with Crippen molar-refractivity contribution in [1.29, 1.82) is 0 Å². The highest BCUT2D eigenvalue weighted by molar-refractivity contribution is 6.36. The number of nitrogen functional groups attached to an aromatic ring is 1. The van der Waals surface area contributed by atoms with Gasteiger partial charge in [0.2, 0.25) is 0 Å². The van der Waals surface area contributed by atoms with Crippen LogP contribution in [0.5, 0.6) is 5.75 Å². The van der Waals surface area contributed by atoms with Gasteiger partial charge in [-0.05, 0) is 44.9 Å². The summed E-state index contributed by atoms with van der Waals surface area (Å²) in [4.78, 5) is 18.8. The molecule has 198 valence electrons. The fourth-order valence-electron chi connectivity index (χ4n) is 4.57. The summed E-state index contributed by atoms with van der Waals surface area (Å²) >= 11 is 12.4. The Morgan fingerprint density at radius 2 is 1.97 bits per heavy atom. The van der Waals surface area contributed by atoms with E-state index in [1.165, 1.54) is 18.3 Å². The first-order valence-corrected chi connectivity index (χ1v) is 12.8. The Balaban J connectivity index is 1.28. The molecule has 1 aromatic carbocycles. The van der Waals surface area contributed by atoms with E-state index >= 15 is 0 Å². The number of carbonyl (C=O) groups is 1. The number of rotatable bonds is 6. The second-order valence-electron chi connectivity index (χ2n) is 9.15. The number of anilines is 1. The standard InChI is InChI=1S/C26H25Cl2FN6O3/c1-14-19(12-33-38-14)26(36)34-7-5-18(6-8-34)35-13-17(11-32-35)16-9-22(25(30)31-10-16)37-15(2)23-20(27)3-4-21(29)24(23)28/h3-4,9-13,15,18H,5-8H2,1-2H3,(H2,30,31). The van der Waals surface area contributed by atoms with Crippen molar-refractivity contribution in [3.63, 3.8) is 0 Å². The van der Waals surface area contributed by atoms with Crippen LogP contribution >= 0.6 is 23.2 Å². The molecule has 0 radical (unpaired) electrons. The van der Waals surface area contributed by atoms with Crippen LogP contribution in [0.3, 0.4) is 0 Å². The molecule has 0 bridgehead atoms. The summed E-state index contributed by atoms with van der Waals surface area (Å²) in [6, 6.07) is 4.53. The van der Waals surface area contributed by atoms with Gasteiger partial charge in [-0.1, -0.05) is 28.4 Å². The number of halogens is 3. The predicted octanol–water partition coefficient (Wildman–Crippen LogP) is 5.89. The van der Waals surface area contributed by atoms with Crippen LogP contribution in [-0.4, -0.2) is 43.8 Å². The maximum atomic E-state index is 14.0. The summed E-state index contributed by atoms with van der Waals surface area (Å²) in [5, 5.41) is 8.45. The highest BCUT2D eigenvalue weighted by atomic mass is 35.5. The van der Waals surface area contributed by atoms with E-state index in [0.29, 0.717) is 35.7 Å². The third kappa shape index (κ3) is 5.06. The quantitative estimate of drug-likeness (QED) is 0.293. The van der Waals surface area contributed by atoms with Crippen molar-refractivity contribution < 1.29 is 18.4 Å². The minimum absolute atomic E-state index is 0.0705. The van der Waals surface area contributed by atoms with Crippen LogP contribution in [0.2, 0.25) is 10.0 Å². The number of likely N-dealkylation sites (tertiary alicyclic amines) is 1. The number of nitrogens with zero attached hydrogens (tertiary/aromatic N) is 5. The molecule has 1 aliphatic heterocycles. The van der Waals surface area contributed by atoms with Gasteiger partial charge < -0.3 is 19.9 Å². The van der Waals surface area contributed by atoms with E-state index in [2.05, 4.69) is 15.2 Å². The average molecular weight is 559 g/mol. The second kappa shape index (κ2) is 10.6. The lowest BCUT2D eigenvalue weighted by Gasteiger charge is -2.31. The molecule has 4 heterocycles. The smallest absolute Gasteiger partial charge is 0.259 e. The molecule has 0 spiro atoms. The van der Waals surface area contributed by atoms with Crippen LogP contribution in [0.1, 0.15) is 53.6 Å². The third-order valence-electron chi connectivity index (χ3n) is 6.71. The molecule has 0 aliphatic carbocycles. The number of hydrogen-bond donors (Lipinski definition) is 1. The molecule has 0 saturated carbocycles. The van der Waals surface area contributed by atoms with Gasteiger partial charge in [-0.15, -0.1) is 0 Å². The zero-order valence-corrected chi connectivity index (χ0v) is 22.2. The largest absolute Gasteiger partial charge is 0.482 e. The molecule has 5 rings (SSSR count). The minimum atomic E-state index is -0.678. The molecular weight excluding hydrogens is 534 g/mol. The van der Waals surface area contributed by atoms with E-state index in [0.717, 1.165) is 24.0 Å². The number of benzene rings is 1. The predicted molar refractivity (Wildman–Crippen MR) is 141 cm³/mol. The van der Waals surface area contributed by atoms with Crippen LogP contribution in [0.25, 0.3) is 11.1 Å². The van der Waals surface area contributed by atoms with E-state index in [1.807, 2.05) is 15.8 Å². The number of piperidine rings is 1. The molecule has 2 N–H and O–H groups in total. The van der Waals surface area contributed by atoms with Crippen LogP contribution in [0.4, 0.5) is 10.2 Å². The fourth-order valence-corrected chi connectivity index (χ4v) is 5.24. The van der Waals surface area contributed by atoms with Gasteiger partial charge in [0.1, 0.15) is 23.2 Å². The van der Waals surface area contributed by atoms with Gasteiger partial charge in [0.25, 0.3) is 5.91 Å². The minimum Gasteiger partial charge on any atom is -0.482 e. The maximum Gasteiger partial charge on any atom is 0.259 e. The van der Waals surface area contributed by atoms with Crippen LogP contribution < -0.4 is 10.5 Å². The number of aromatic nitrogens is 4. The number of carbonyl (C=O) groups excluding carboxylic acids is 1.